The Morgan fingerprint density at radius 3 is 2.50 bits per heavy atom. The van der Waals surface area contributed by atoms with Gasteiger partial charge in [-0.2, -0.15) is 0 Å². The summed E-state index contributed by atoms with van der Waals surface area (Å²) in [7, 11) is 3.26. The van der Waals surface area contributed by atoms with Crippen LogP contribution in [0.3, 0.4) is 0 Å². The van der Waals surface area contributed by atoms with Crippen LogP contribution in [0.5, 0.6) is 0 Å². The Balaban J connectivity index is 2.73. The number of pyridine rings is 1. The maximum Gasteiger partial charge on any atom is 0.252 e. The van der Waals surface area contributed by atoms with E-state index in [2.05, 4.69) is 20.9 Å². The summed E-state index contributed by atoms with van der Waals surface area (Å²) in [6.07, 6.45) is 1.43. The van der Waals surface area contributed by atoms with Gasteiger partial charge in [-0.25, -0.2) is 4.98 Å². The predicted molar refractivity (Wildman–Crippen MR) is 79.0 cm³/mol. The molecule has 0 aliphatic rings. The molecule has 2 amide bonds. The van der Waals surface area contributed by atoms with Crippen LogP contribution in [0.15, 0.2) is 12.3 Å². The minimum atomic E-state index is -0.688. The quantitative estimate of drug-likeness (QED) is 0.765. The Morgan fingerprint density at radius 2 is 2.00 bits per heavy atom. The molecule has 0 aliphatic carbocycles. The first-order valence-electron chi connectivity index (χ1n) is 6.15. The number of anilines is 1. The van der Waals surface area contributed by atoms with E-state index in [1.807, 2.05) is 0 Å². The average Bonchev–Trinajstić information content (AvgIpc) is 2.43. The van der Waals surface area contributed by atoms with E-state index in [4.69, 9.17) is 11.6 Å². The highest BCUT2D eigenvalue weighted by molar-refractivity contribution is 6.33. The van der Waals surface area contributed by atoms with Crippen LogP contribution in [-0.4, -0.2) is 37.4 Å². The molecule has 1 heterocycles. The van der Waals surface area contributed by atoms with E-state index in [0.29, 0.717) is 16.4 Å². The van der Waals surface area contributed by atoms with Crippen molar-refractivity contribution in [1.29, 1.82) is 0 Å². The van der Waals surface area contributed by atoms with Gasteiger partial charge in [0, 0.05) is 26.8 Å². The maximum absolute atomic E-state index is 12.0. The lowest BCUT2D eigenvalue weighted by Crippen LogP contribution is -2.43. The van der Waals surface area contributed by atoms with E-state index < -0.39 is 5.41 Å². The van der Waals surface area contributed by atoms with Crippen LogP contribution in [-0.2, 0) is 4.79 Å². The molecule has 0 saturated carbocycles. The fourth-order valence-corrected chi connectivity index (χ4v) is 1.83. The Kier molecular flexibility index (Phi) is 5.33. The number of nitrogens with zero attached hydrogens (tertiary/aromatic N) is 1. The van der Waals surface area contributed by atoms with Gasteiger partial charge in [0.1, 0.15) is 5.82 Å². The van der Waals surface area contributed by atoms with E-state index >= 15 is 0 Å². The Morgan fingerprint density at radius 1 is 1.35 bits per heavy atom. The lowest BCUT2D eigenvalue weighted by Gasteiger charge is -2.22. The summed E-state index contributed by atoms with van der Waals surface area (Å²) in [6.45, 7) is 3.72. The van der Waals surface area contributed by atoms with Gasteiger partial charge in [0.05, 0.1) is 16.0 Å². The third-order valence-electron chi connectivity index (χ3n) is 2.87. The van der Waals surface area contributed by atoms with Crippen LogP contribution < -0.4 is 16.0 Å². The zero-order valence-corrected chi connectivity index (χ0v) is 12.8. The van der Waals surface area contributed by atoms with E-state index in [1.54, 1.807) is 27.9 Å². The summed E-state index contributed by atoms with van der Waals surface area (Å²) in [5, 5.41) is 8.44. The van der Waals surface area contributed by atoms with E-state index in [9.17, 15) is 9.59 Å². The normalized spacial score (nSPS) is 10.8. The molecule has 3 N–H and O–H groups in total. The Hall–Kier alpha value is -1.82. The number of carbonyl (C=O) groups excluding carboxylic acids is 2. The number of aromatic nitrogens is 1. The third-order valence-corrected chi connectivity index (χ3v) is 3.16. The maximum atomic E-state index is 12.0. The Bertz CT molecular complexity index is 517. The summed E-state index contributed by atoms with van der Waals surface area (Å²) in [6, 6.07) is 1.53. The van der Waals surface area contributed by atoms with Crippen molar-refractivity contribution in [3.8, 4) is 0 Å². The number of hydrogen-bond donors (Lipinski definition) is 3. The third kappa shape index (κ3) is 3.84. The van der Waals surface area contributed by atoms with Gasteiger partial charge in [0.15, 0.2) is 0 Å². The number of amides is 2. The zero-order valence-electron chi connectivity index (χ0n) is 12.0. The van der Waals surface area contributed by atoms with Gasteiger partial charge in [-0.15, -0.1) is 0 Å². The van der Waals surface area contributed by atoms with Crippen molar-refractivity contribution in [1.82, 2.24) is 15.6 Å². The molecule has 0 spiro atoms. The first-order valence-corrected chi connectivity index (χ1v) is 6.53. The van der Waals surface area contributed by atoms with Crippen LogP contribution >= 0.6 is 11.6 Å². The smallest absolute Gasteiger partial charge is 0.252 e. The highest BCUT2D eigenvalue weighted by Gasteiger charge is 2.27. The predicted octanol–water partition coefficient (Wildman–Crippen LogP) is 1.28. The van der Waals surface area contributed by atoms with Gasteiger partial charge in [0.2, 0.25) is 5.91 Å². The van der Waals surface area contributed by atoms with Gasteiger partial charge >= 0.3 is 0 Å². The second-order valence-corrected chi connectivity index (χ2v) is 5.36. The summed E-state index contributed by atoms with van der Waals surface area (Å²) in [5.41, 5.74) is -0.339. The van der Waals surface area contributed by atoms with Crippen molar-refractivity contribution in [2.24, 2.45) is 5.41 Å². The fraction of sp³-hybridized carbons (Fsp3) is 0.462. The molecule has 0 unspecified atom stereocenters. The molecule has 0 fully saturated rings. The van der Waals surface area contributed by atoms with Crippen molar-refractivity contribution < 1.29 is 9.59 Å². The molecule has 1 aromatic heterocycles. The molecule has 1 aromatic rings. The summed E-state index contributed by atoms with van der Waals surface area (Å²) in [5.74, 6) is 0.0485. The number of hydrogen-bond acceptors (Lipinski definition) is 4. The van der Waals surface area contributed by atoms with Gasteiger partial charge in [-0.05, 0) is 19.9 Å². The van der Waals surface area contributed by atoms with Gasteiger partial charge < -0.3 is 16.0 Å². The monoisotopic (exact) mass is 298 g/mol. The number of nitrogens with one attached hydrogen (secondary N) is 3. The SMILES string of the molecule is CNC(=O)C(C)(C)CNC(=O)c1cnc(NC)c(Cl)c1. The molecule has 20 heavy (non-hydrogen) atoms. The molecule has 0 radical (unpaired) electrons. The summed E-state index contributed by atoms with van der Waals surface area (Å²) < 4.78 is 0. The van der Waals surface area contributed by atoms with E-state index in [-0.39, 0.29) is 18.4 Å². The highest BCUT2D eigenvalue weighted by atomic mass is 35.5. The largest absolute Gasteiger partial charge is 0.372 e. The van der Waals surface area contributed by atoms with Crippen molar-refractivity contribution in [2.45, 2.75) is 13.8 Å². The molecule has 0 aromatic carbocycles. The van der Waals surface area contributed by atoms with Crippen LogP contribution in [0.4, 0.5) is 5.82 Å². The molecule has 6 nitrogen and oxygen atoms in total. The average molecular weight is 299 g/mol. The number of rotatable bonds is 5. The first kappa shape index (κ1) is 16.2. The molecule has 1 rings (SSSR count). The molecule has 110 valence electrons. The Labute approximate surface area is 123 Å². The molecular formula is C13H19ClN4O2. The van der Waals surface area contributed by atoms with Gasteiger partial charge in [-0.3, -0.25) is 9.59 Å². The second-order valence-electron chi connectivity index (χ2n) is 4.95. The topological polar surface area (TPSA) is 83.1 Å². The van der Waals surface area contributed by atoms with Crippen LogP contribution in [0.25, 0.3) is 0 Å². The van der Waals surface area contributed by atoms with E-state index in [1.165, 1.54) is 12.3 Å². The molecule has 0 atom stereocenters. The minimum Gasteiger partial charge on any atom is -0.372 e. The van der Waals surface area contributed by atoms with Crippen molar-refractivity contribution in [3.05, 3.63) is 22.8 Å². The zero-order chi connectivity index (χ0) is 15.3. The summed E-state index contributed by atoms with van der Waals surface area (Å²) in [4.78, 5) is 27.6. The molecule has 0 saturated heterocycles. The first-order chi connectivity index (χ1) is 9.31. The fourth-order valence-electron chi connectivity index (χ4n) is 1.57. The lowest BCUT2D eigenvalue weighted by atomic mass is 9.92. The van der Waals surface area contributed by atoms with Gasteiger partial charge in [0.25, 0.3) is 5.91 Å². The number of carbonyl (C=O) groups is 2. The van der Waals surface area contributed by atoms with Crippen molar-refractivity contribution >= 4 is 29.2 Å². The van der Waals surface area contributed by atoms with Crippen molar-refractivity contribution in [2.75, 3.05) is 26.0 Å². The van der Waals surface area contributed by atoms with Crippen molar-refractivity contribution in [3.63, 3.8) is 0 Å². The molecular weight excluding hydrogens is 280 g/mol. The van der Waals surface area contributed by atoms with Crippen LogP contribution in [0.2, 0.25) is 5.02 Å². The van der Waals surface area contributed by atoms with Gasteiger partial charge in [-0.1, -0.05) is 11.6 Å². The molecule has 0 aliphatic heterocycles. The minimum absolute atomic E-state index is 0.139. The van der Waals surface area contributed by atoms with Crippen LogP contribution in [0, 0.1) is 5.41 Å². The standard InChI is InChI=1S/C13H19ClN4O2/c1-13(2,12(20)16-4)7-18-11(19)8-5-9(14)10(15-3)17-6-8/h5-6H,7H2,1-4H3,(H,15,17)(H,16,20)(H,18,19). The molecule has 0 bridgehead atoms. The number of halogens is 1. The molecule has 7 heteroatoms. The highest BCUT2D eigenvalue weighted by Crippen LogP contribution is 2.19. The van der Waals surface area contributed by atoms with Crippen LogP contribution in [0.1, 0.15) is 24.2 Å². The summed E-state index contributed by atoms with van der Waals surface area (Å²) >= 11 is 5.97. The second kappa shape index (κ2) is 6.56. The van der Waals surface area contributed by atoms with E-state index in [0.717, 1.165) is 0 Å². The lowest BCUT2D eigenvalue weighted by molar-refractivity contribution is -0.128.